The minimum Gasteiger partial charge on any atom is -0.512 e. The largest absolute Gasteiger partial charge is 0.707 e. The summed E-state index contributed by atoms with van der Waals surface area (Å²) in [5.74, 6) is 0.391. The summed E-state index contributed by atoms with van der Waals surface area (Å²) in [6.07, 6.45) is 0. The number of benzene rings is 1. The highest BCUT2D eigenvalue weighted by molar-refractivity contribution is 6.33. The third-order valence-corrected chi connectivity index (χ3v) is 2.58. The molecule has 0 aromatic heterocycles. The van der Waals surface area contributed by atoms with Gasteiger partial charge in [0.2, 0.25) is 0 Å². The predicted molar refractivity (Wildman–Crippen MR) is 84.3 cm³/mol. The van der Waals surface area contributed by atoms with Crippen LogP contribution in [0.2, 0.25) is 0 Å². The number of rotatable bonds is 3. The Kier molecular flexibility index (Phi) is 10.9. The van der Waals surface area contributed by atoms with Crippen LogP contribution >= 0.6 is 0 Å². The Bertz CT molecular complexity index is 368. The fourth-order valence-corrected chi connectivity index (χ4v) is 0.646. The van der Waals surface area contributed by atoms with E-state index in [0.717, 1.165) is 0 Å². The first-order valence-corrected chi connectivity index (χ1v) is 6.72. The number of phenols is 1. The van der Waals surface area contributed by atoms with Crippen molar-refractivity contribution in [3.63, 3.8) is 0 Å². The van der Waals surface area contributed by atoms with Crippen LogP contribution in [0.1, 0.15) is 34.6 Å². The van der Waals surface area contributed by atoms with Gasteiger partial charge in [-0.3, -0.25) is 0 Å². The number of aliphatic hydroxyl groups excluding tert-OH is 1. The second-order valence-corrected chi connectivity index (χ2v) is 5.37. The van der Waals surface area contributed by atoms with Gasteiger partial charge in [-0.25, -0.2) is 0 Å². The zero-order valence-corrected chi connectivity index (χ0v) is 13.7. The van der Waals surface area contributed by atoms with Gasteiger partial charge in [0.25, 0.3) is 0 Å². The number of hydrogen-bond acceptors (Lipinski definition) is 7. The first-order valence-electron chi connectivity index (χ1n) is 6.72. The maximum Gasteiger partial charge on any atom is 0.707 e. The van der Waals surface area contributed by atoms with Gasteiger partial charge in [0.15, 0.2) is 0 Å². The summed E-state index contributed by atoms with van der Waals surface area (Å²) in [6, 6.07) is 5.62. The smallest absolute Gasteiger partial charge is 0.512 e. The van der Waals surface area contributed by atoms with Crippen LogP contribution in [0.15, 0.2) is 24.3 Å². The van der Waals surface area contributed by atoms with E-state index >= 15 is 0 Å². The number of phenolic OH excluding ortho intramolecular Hbond substituents is 1. The molecule has 22 heavy (non-hydrogen) atoms. The molecule has 0 unspecified atom stereocenters. The van der Waals surface area contributed by atoms with E-state index in [1.54, 1.807) is 34.6 Å². The average molecular weight is 318 g/mol. The van der Waals surface area contributed by atoms with E-state index in [1.165, 1.54) is 24.3 Å². The maximum atomic E-state index is 9.10. The van der Waals surface area contributed by atoms with Crippen LogP contribution < -0.4 is 4.65 Å². The Morgan fingerprint density at radius 1 is 0.955 bits per heavy atom. The maximum absolute atomic E-state index is 9.10. The fourth-order valence-electron chi connectivity index (χ4n) is 0.646. The van der Waals surface area contributed by atoms with Crippen molar-refractivity contribution in [1.82, 2.24) is 0 Å². The van der Waals surface area contributed by atoms with Crippen LogP contribution in [0.5, 0.6) is 11.5 Å². The highest BCUT2D eigenvalue weighted by Gasteiger charge is 2.31. The van der Waals surface area contributed by atoms with Crippen LogP contribution in [0, 0.1) is 0 Å². The first kappa shape index (κ1) is 23.0. The van der Waals surface area contributed by atoms with Gasteiger partial charge < -0.3 is 35.1 Å². The van der Waals surface area contributed by atoms with E-state index in [4.69, 9.17) is 30.5 Å². The highest BCUT2D eigenvalue weighted by Crippen LogP contribution is 2.19. The van der Waals surface area contributed by atoms with E-state index in [2.05, 4.69) is 4.65 Å². The molecule has 1 rings (SSSR count). The number of aliphatic hydroxyl groups is 3. The Morgan fingerprint density at radius 3 is 1.50 bits per heavy atom. The lowest BCUT2D eigenvalue weighted by Crippen LogP contribution is -2.44. The standard InChI is InChI=1S/C6H7BO4.C6H14O2.C2H6O/c8-5-1-3-6(4-2-5)11-7(9)10;1-5(2,7)6(3,4)8;1-2-3/h1-4,8-10H;7-8H,1-4H3;3H,2H2,1H3. The van der Waals surface area contributed by atoms with Crippen molar-refractivity contribution >= 4 is 7.32 Å². The highest BCUT2D eigenvalue weighted by atomic mass is 16.6. The van der Waals surface area contributed by atoms with Crippen LogP contribution in [0.4, 0.5) is 0 Å². The molecule has 8 heteroatoms. The van der Waals surface area contributed by atoms with Crippen LogP contribution in [-0.4, -0.2) is 55.6 Å². The Hall–Kier alpha value is -1.32. The molecular weight excluding hydrogens is 291 g/mol. The molecule has 0 aliphatic carbocycles. The van der Waals surface area contributed by atoms with Gasteiger partial charge in [-0.2, -0.15) is 0 Å². The third kappa shape index (κ3) is 12.4. The fraction of sp³-hybridized carbons (Fsp3) is 0.571. The monoisotopic (exact) mass is 318 g/mol. The summed E-state index contributed by atoms with van der Waals surface area (Å²) in [7, 11) is -1.82. The molecule has 1 aromatic carbocycles. The van der Waals surface area contributed by atoms with Gasteiger partial charge in [-0.15, -0.1) is 0 Å². The molecule has 0 fully saturated rings. The van der Waals surface area contributed by atoms with Crippen LogP contribution in [-0.2, 0) is 0 Å². The quantitative estimate of drug-likeness (QED) is 0.441. The van der Waals surface area contributed by atoms with Crippen molar-refractivity contribution in [1.29, 1.82) is 0 Å². The average Bonchev–Trinajstić information content (AvgIpc) is 2.31. The van der Waals surface area contributed by atoms with Gasteiger partial charge >= 0.3 is 7.32 Å². The Labute approximate surface area is 131 Å². The molecule has 0 saturated carbocycles. The van der Waals surface area contributed by atoms with Crippen molar-refractivity contribution in [2.45, 2.75) is 45.8 Å². The second-order valence-electron chi connectivity index (χ2n) is 5.37. The normalized spacial score (nSPS) is 10.6. The lowest BCUT2D eigenvalue weighted by molar-refractivity contribution is -0.107. The number of hydrogen-bond donors (Lipinski definition) is 6. The predicted octanol–water partition coefficient (Wildman–Crippen LogP) is 0.267. The first-order chi connectivity index (χ1) is 9.85. The molecule has 0 radical (unpaired) electrons. The molecule has 0 saturated heterocycles. The van der Waals surface area contributed by atoms with E-state index in [0.29, 0.717) is 0 Å². The zero-order valence-electron chi connectivity index (χ0n) is 13.7. The number of aromatic hydroxyl groups is 1. The topological polar surface area (TPSA) is 131 Å². The van der Waals surface area contributed by atoms with Gasteiger partial charge in [0, 0.05) is 6.61 Å². The van der Waals surface area contributed by atoms with Gasteiger partial charge in [-0.05, 0) is 58.9 Å². The lowest BCUT2D eigenvalue weighted by Gasteiger charge is -2.31. The van der Waals surface area contributed by atoms with Gasteiger partial charge in [-0.1, -0.05) is 0 Å². The summed E-state index contributed by atoms with van der Waals surface area (Å²) in [5.41, 5.74) is -2.01. The molecule has 0 aliphatic heterocycles. The Balaban J connectivity index is 0. The summed E-state index contributed by atoms with van der Waals surface area (Å²) in [5, 5.41) is 51.3. The van der Waals surface area contributed by atoms with E-state index < -0.39 is 18.5 Å². The molecule has 0 bridgehead atoms. The summed E-state index contributed by atoms with van der Waals surface area (Å²) in [4.78, 5) is 0. The van der Waals surface area contributed by atoms with Crippen LogP contribution in [0.3, 0.4) is 0 Å². The molecule has 6 N–H and O–H groups in total. The molecule has 128 valence electrons. The summed E-state index contributed by atoms with van der Waals surface area (Å²) < 4.78 is 4.47. The molecule has 7 nitrogen and oxygen atoms in total. The van der Waals surface area contributed by atoms with Crippen molar-refractivity contribution < 1.29 is 35.1 Å². The van der Waals surface area contributed by atoms with Gasteiger partial charge in [0.05, 0.1) is 11.2 Å². The van der Waals surface area contributed by atoms with E-state index in [1.807, 2.05) is 0 Å². The van der Waals surface area contributed by atoms with Crippen LogP contribution in [0.25, 0.3) is 0 Å². The molecule has 0 heterocycles. The minimum absolute atomic E-state index is 0.102. The van der Waals surface area contributed by atoms with E-state index in [9.17, 15) is 0 Å². The van der Waals surface area contributed by atoms with Crippen molar-refractivity contribution in [2.24, 2.45) is 0 Å². The molecule has 0 spiro atoms. The SMILES string of the molecule is CC(C)(O)C(C)(C)O.CCO.OB(O)Oc1ccc(O)cc1. The third-order valence-electron chi connectivity index (χ3n) is 2.58. The second kappa shape index (κ2) is 10.4. The molecular formula is C14H27BO7. The minimum atomic E-state index is -1.82. The van der Waals surface area contributed by atoms with E-state index in [-0.39, 0.29) is 18.1 Å². The van der Waals surface area contributed by atoms with Crippen molar-refractivity contribution in [2.75, 3.05) is 6.61 Å². The van der Waals surface area contributed by atoms with Crippen molar-refractivity contribution in [3.05, 3.63) is 24.3 Å². The molecule has 0 amide bonds. The van der Waals surface area contributed by atoms with Crippen molar-refractivity contribution in [3.8, 4) is 11.5 Å². The molecule has 0 atom stereocenters. The molecule has 1 aromatic rings. The lowest BCUT2D eigenvalue weighted by atomic mass is 9.90. The van der Waals surface area contributed by atoms with Gasteiger partial charge in [0.1, 0.15) is 11.5 Å². The zero-order chi connectivity index (χ0) is 18.0. The molecule has 0 aliphatic rings. The summed E-state index contributed by atoms with van der Waals surface area (Å²) in [6.45, 7) is 8.24. The Morgan fingerprint density at radius 2 is 1.27 bits per heavy atom. The summed E-state index contributed by atoms with van der Waals surface area (Å²) >= 11 is 0.